The SMILES string of the molecule is COc1c(F)cccc1Nc1c(-c2ccncc2OC[C@H]2CCN2C(=O)C#CCN(C)C)[nH]c2c1C(=O)NCC2. The van der Waals surface area contributed by atoms with Crippen molar-refractivity contribution < 1.29 is 23.5 Å². The highest BCUT2D eigenvalue weighted by Gasteiger charge is 2.33. The Morgan fingerprint density at radius 3 is 2.92 bits per heavy atom. The minimum Gasteiger partial charge on any atom is -0.492 e. The van der Waals surface area contributed by atoms with Crippen molar-refractivity contribution in [2.75, 3.05) is 52.8 Å². The van der Waals surface area contributed by atoms with Gasteiger partial charge in [-0.15, -0.1) is 0 Å². The Labute approximate surface area is 231 Å². The summed E-state index contributed by atoms with van der Waals surface area (Å²) in [6.07, 6.45) is 4.64. The fraction of sp³-hybridized carbons (Fsp3) is 0.345. The first-order chi connectivity index (χ1) is 19.4. The Morgan fingerprint density at radius 1 is 1.32 bits per heavy atom. The topological polar surface area (TPSA) is 112 Å². The lowest BCUT2D eigenvalue weighted by Gasteiger charge is -2.39. The van der Waals surface area contributed by atoms with Crippen LogP contribution in [0, 0.1) is 17.7 Å². The van der Waals surface area contributed by atoms with Gasteiger partial charge in [0, 0.05) is 37.0 Å². The van der Waals surface area contributed by atoms with Crippen molar-refractivity contribution in [3.8, 4) is 34.6 Å². The Bertz CT molecular complexity index is 1490. The summed E-state index contributed by atoms with van der Waals surface area (Å²) in [5, 5.41) is 6.11. The van der Waals surface area contributed by atoms with Crippen molar-refractivity contribution in [2.24, 2.45) is 0 Å². The minimum atomic E-state index is -0.526. The molecule has 0 radical (unpaired) electrons. The molecule has 3 aromatic rings. The largest absolute Gasteiger partial charge is 0.492 e. The number of pyridine rings is 1. The molecule has 5 rings (SSSR count). The fourth-order valence-corrected chi connectivity index (χ4v) is 4.77. The van der Waals surface area contributed by atoms with Gasteiger partial charge >= 0.3 is 0 Å². The molecule has 1 aromatic carbocycles. The molecule has 4 heterocycles. The van der Waals surface area contributed by atoms with Crippen LogP contribution >= 0.6 is 0 Å². The summed E-state index contributed by atoms with van der Waals surface area (Å²) in [5.41, 5.74) is 3.32. The number of aromatic nitrogens is 2. The van der Waals surface area contributed by atoms with E-state index in [1.165, 1.54) is 13.2 Å². The van der Waals surface area contributed by atoms with E-state index in [9.17, 15) is 14.0 Å². The first kappa shape index (κ1) is 27.0. The Hall–Kier alpha value is -4.56. The first-order valence-corrected chi connectivity index (χ1v) is 13.0. The molecular weight excluding hydrogens is 515 g/mol. The summed E-state index contributed by atoms with van der Waals surface area (Å²) >= 11 is 0. The lowest BCUT2D eigenvalue weighted by atomic mass is 10.0. The number of methoxy groups -OCH3 is 1. The maximum Gasteiger partial charge on any atom is 0.298 e. The van der Waals surface area contributed by atoms with Gasteiger partial charge in [0.15, 0.2) is 11.6 Å². The van der Waals surface area contributed by atoms with Crippen molar-refractivity contribution in [2.45, 2.75) is 18.9 Å². The van der Waals surface area contributed by atoms with E-state index < -0.39 is 5.82 Å². The van der Waals surface area contributed by atoms with Gasteiger partial charge in [0.25, 0.3) is 11.8 Å². The number of hydrogen-bond donors (Lipinski definition) is 3. The quantitative estimate of drug-likeness (QED) is 0.373. The monoisotopic (exact) mass is 546 g/mol. The van der Waals surface area contributed by atoms with Crippen LogP contribution in [0.3, 0.4) is 0 Å². The number of benzene rings is 1. The molecule has 0 bridgehead atoms. The number of nitrogens with zero attached hydrogens (tertiary/aromatic N) is 3. The molecule has 2 aliphatic rings. The normalized spacial score (nSPS) is 15.9. The second-order valence-electron chi connectivity index (χ2n) is 9.84. The number of H-pyrrole nitrogens is 1. The zero-order chi connectivity index (χ0) is 28.2. The van der Waals surface area contributed by atoms with Gasteiger partial charge in [-0.25, -0.2) is 4.39 Å². The molecule has 2 aromatic heterocycles. The smallest absolute Gasteiger partial charge is 0.298 e. The van der Waals surface area contributed by atoms with Gasteiger partial charge in [0.2, 0.25) is 0 Å². The lowest BCUT2D eigenvalue weighted by Crippen LogP contribution is -2.53. The summed E-state index contributed by atoms with van der Waals surface area (Å²) < 4.78 is 26.0. The maximum atomic E-state index is 14.5. The predicted octanol–water partition coefficient (Wildman–Crippen LogP) is 2.80. The van der Waals surface area contributed by atoms with Crippen LogP contribution in [0.4, 0.5) is 15.8 Å². The highest BCUT2D eigenvalue weighted by Crippen LogP contribution is 2.42. The van der Waals surface area contributed by atoms with Crippen molar-refractivity contribution >= 4 is 23.2 Å². The van der Waals surface area contributed by atoms with Gasteiger partial charge in [-0.3, -0.25) is 19.5 Å². The maximum absolute atomic E-state index is 14.5. The number of hydrogen-bond acceptors (Lipinski definition) is 7. The van der Waals surface area contributed by atoms with Gasteiger partial charge < -0.3 is 30.0 Å². The number of aromatic amines is 1. The molecule has 10 nitrogen and oxygen atoms in total. The number of likely N-dealkylation sites (tertiary alicyclic amines) is 1. The zero-order valence-corrected chi connectivity index (χ0v) is 22.6. The predicted molar refractivity (Wildman–Crippen MR) is 148 cm³/mol. The summed E-state index contributed by atoms with van der Waals surface area (Å²) in [7, 11) is 5.18. The molecule has 11 heteroatoms. The third kappa shape index (κ3) is 5.44. The van der Waals surface area contributed by atoms with Crippen LogP contribution in [0.2, 0.25) is 0 Å². The molecule has 1 fully saturated rings. The average Bonchev–Trinajstić information content (AvgIpc) is 3.27. The number of carbonyl (C=O) groups is 2. The van der Waals surface area contributed by atoms with E-state index in [4.69, 9.17) is 9.47 Å². The van der Waals surface area contributed by atoms with Crippen LogP contribution in [-0.2, 0) is 11.2 Å². The number of fused-ring (bicyclic) bond motifs is 1. The van der Waals surface area contributed by atoms with E-state index in [0.717, 1.165) is 12.1 Å². The molecule has 1 saturated heterocycles. The van der Waals surface area contributed by atoms with Crippen molar-refractivity contribution in [1.82, 2.24) is 25.1 Å². The number of rotatable bonds is 8. The third-order valence-electron chi connectivity index (χ3n) is 6.88. The average molecular weight is 547 g/mol. The minimum absolute atomic E-state index is 0.0363. The van der Waals surface area contributed by atoms with Gasteiger partial charge in [0.1, 0.15) is 12.4 Å². The Balaban J connectivity index is 1.43. The van der Waals surface area contributed by atoms with E-state index in [1.54, 1.807) is 35.5 Å². The van der Waals surface area contributed by atoms with Crippen LogP contribution in [0.15, 0.2) is 36.7 Å². The highest BCUT2D eigenvalue weighted by molar-refractivity contribution is 6.06. The Morgan fingerprint density at radius 2 is 2.17 bits per heavy atom. The van der Waals surface area contributed by atoms with E-state index in [1.807, 2.05) is 19.0 Å². The van der Waals surface area contributed by atoms with E-state index in [-0.39, 0.29) is 30.2 Å². The van der Waals surface area contributed by atoms with E-state index in [0.29, 0.717) is 60.0 Å². The van der Waals surface area contributed by atoms with Crippen molar-refractivity contribution in [3.05, 3.63) is 53.7 Å². The van der Waals surface area contributed by atoms with Crippen molar-refractivity contribution in [1.29, 1.82) is 0 Å². The molecule has 0 saturated carbocycles. The molecule has 2 amide bonds. The number of carbonyl (C=O) groups excluding carboxylic acids is 2. The summed E-state index contributed by atoms with van der Waals surface area (Å²) in [6, 6.07) is 6.23. The number of anilines is 2. The Kier molecular flexibility index (Phi) is 7.89. The number of para-hydroxylation sites is 1. The molecule has 1 atom stereocenters. The molecule has 208 valence electrons. The van der Waals surface area contributed by atoms with E-state index >= 15 is 0 Å². The number of ether oxygens (including phenoxy) is 2. The van der Waals surface area contributed by atoms with Gasteiger partial charge in [-0.05, 0) is 44.6 Å². The van der Waals surface area contributed by atoms with Crippen LogP contribution in [0.1, 0.15) is 22.5 Å². The van der Waals surface area contributed by atoms with Crippen LogP contribution in [0.25, 0.3) is 11.3 Å². The molecule has 40 heavy (non-hydrogen) atoms. The third-order valence-corrected chi connectivity index (χ3v) is 6.88. The summed E-state index contributed by atoms with van der Waals surface area (Å²) in [4.78, 5) is 36.7. The molecule has 0 unspecified atom stereocenters. The summed E-state index contributed by atoms with van der Waals surface area (Å²) in [5.74, 6) is 5.11. The second-order valence-corrected chi connectivity index (χ2v) is 9.84. The fourth-order valence-electron chi connectivity index (χ4n) is 4.77. The zero-order valence-electron chi connectivity index (χ0n) is 22.6. The molecule has 3 N–H and O–H groups in total. The van der Waals surface area contributed by atoms with Gasteiger partial charge in [-0.2, -0.15) is 0 Å². The van der Waals surface area contributed by atoms with E-state index in [2.05, 4.69) is 32.4 Å². The van der Waals surface area contributed by atoms with Crippen LogP contribution < -0.4 is 20.1 Å². The second kappa shape index (κ2) is 11.7. The molecular formula is C29H31FN6O4. The number of amides is 2. The van der Waals surface area contributed by atoms with Crippen molar-refractivity contribution in [3.63, 3.8) is 0 Å². The highest BCUT2D eigenvalue weighted by atomic mass is 19.1. The standard InChI is InChI=1S/C29H31FN6O4/c1-35(2)14-5-8-24(37)36-15-11-18(36)17-40-23-16-31-12-9-19(23)26-27(25-21(33-26)10-13-32-29(25)38)34-22-7-4-6-20(30)28(22)39-3/h4,6-7,9,12,16,18,33-34H,10-11,13-15,17H2,1-3H3,(H,32,38)/t18-/m1/s1. The van der Waals surface area contributed by atoms with Crippen LogP contribution in [-0.4, -0.2) is 85.1 Å². The molecule has 0 spiro atoms. The number of halogens is 1. The lowest BCUT2D eigenvalue weighted by molar-refractivity contribution is -0.133. The van der Waals surface area contributed by atoms with Gasteiger partial charge in [0.05, 0.1) is 48.5 Å². The number of nitrogens with one attached hydrogen (secondary N) is 3. The summed E-state index contributed by atoms with van der Waals surface area (Å²) in [6.45, 7) is 1.90. The molecule has 2 aliphatic heterocycles. The van der Waals surface area contributed by atoms with Gasteiger partial charge in [-0.1, -0.05) is 12.0 Å². The van der Waals surface area contributed by atoms with Crippen LogP contribution in [0.5, 0.6) is 11.5 Å². The first-order valence-electron chi connectivity index (χ1n) is 13.0. The molecule has 0 aliphatic carbocycles.